The van der Waals surface area contributed by atoms with Crippen LogP contribution in [0.1, 0.15) is 56.9 Å². The van der Waals surface area contributed by atoms with E-state index in [4.69, 9.17) is 13.9 Å². The molecule has 0 amide bonds. The van der Waals surface area contributed by atoms with E-state index in [1.807, 2.05) is 0 Å². The largest absolute Gasteiger partial charge is 0.461 e. The Hall–Kier alpha value is -1.56. The molecule has 1 N–H and O–H groups in total. The topological polar surface area (TPSA) is 73.6 Å². The molecular formula is C15H24N2O4. The molecule has 2 rings (SSSR count). The number of rotatable bonds is 6. The second-order valence-electron chi connectivity index (χ2n) is 5.33. The Morgan fingerprint density at radius 2 is 2.24 bits per heavy atom. The molecule has 1 aliphatic rings. The summed E-state index contributed by atoms with van der Waals surface area (Å²) in [5.41, 5.74) is 0.135. The number of carbonyl (C=O) groups excluding carboxylic acids is 1. The Kier molecular flexibility index (Phi) is 5.22. The Morgan fingerprint density at radius 3 is 2.90 bits per heavy atom. The van der Waals surface area contributed by atoms with Crippen LogP contribution in [0.3, 0.4) is 0 Å². The first-order valence-electron chi connectivity index (χ1n) is 7.65. The predicted octanol–water partition coefficient (Wildman–Crippen LogP) is 3.00. The second-order valence-corrected chi connectivity index (χ2v) is 5.33. The maximum Gasteiger partial charge on any atom is 0.360 e. The van der Waals surface area contributed by atoms with Gasteiger partial charge in [-0.2, -0.15) is 4.98 Å². The molecule has 118 valence electrons. The second kappa shape index (κ2) is 6.93. The van der Waals surface area contributed by atoms with Gasteiger partial charge in [0, 0.05) is 12.6 Å². The molecule has 2 heterocycles. The maximum atomic E-state index is 11.6. The number of aromatic nitrogens is 1. The van der Waals surface area contributed by atoms with Crippen LogP contribution in [0.15, 0.2) is 10.7 Å². The third-order valence-electron chi connectivity index (χ3n) is 4.10. The van der Waals surface area contributed by atoms with Crippen LogP contribution >= 0.6 is 0 Å². The quantitative estimate of drug-likeness (QED) is 0.813. The van der Waals surface area contributed by atoms with E-state index in [0.717, 1.165) is 32.3 Å². The molecule has 0 saturated carbocycles. The van der Waals surface area contributed by atoms with Gasteiger partial charge in [-0.1, -0.05) is 13.8 Å². The summed E-state index contributed by atoms with van der Waals surface area (Å²) in [6.07, 6.45) is 5.12. The zero-order chi connectivity index (χ0) is 15.3. The van der Waals surface area contributed by atoms with Crippen molar-refractivity contribution in [2.45, 2.75) is 58.1 Å². The molecular weight excluding hydrogens is 272 g/mol. The number of ether oxygens (including phenoxy) is 2. The minimum absolute atomic E-state index is 0.0630. The van der Waals surface area contributed by atoms with Gasteiger partial charge in [0.1, 0.15) is 6.26 Å². The number of nitrogens with zero attached hydrogens (tertiary/aromatic N) is 1. The molecule has 1 atom stereocenters. The van der Waals surface area contributed by atoms with Crippen molar-refractivity contribution < 1.29 is 18.7 Å². The SMILES string of the molecule is CCOC(=O)c1coc(NC2CCOC(CC)(CC)C2)n1. The summed E-state index contributed by atoms with van der Waals surface area (Å²) < 4.78 is 16.1. The van der Waals surface area contributed by atoms with Crippen LogP contribution in [0.2, 0.25) is 0 Å². The lowest BCUT2D eigenvalue weighted by Crippen LogP contribution is -2.43. The molecule has 1 unspecified atom stereocenters. The van der Waals surface area contributed by atoms with Crippen molar-refractivity contribution in [3.05, 3.63) is 12.0 Å². The number of nitrogens with one attached hydrogen (secondary N) is 1. The Morgan fingerprint density at radius 1 is 1.48 bits per heavy atom. The summed E-state index contributed by atoms with van der Waals surface area (Å²) in [4.78, 5) is 15.7. The van der Waals surface area contributed by atoms with Crippen LogP contribution in [0.25, 0.3) is 0 Å². The highest BCUT2D eigenvalue weighted by molar-refractivity contribution is 5.87. The monoisotopic (exact) mass is 296 g/mol. The van der Waals surface area contributed by atoms with Crippen LogP contribution in [-0.2, 0) is 9.47 Å². The van der Waals surface area contributed by atoms with Gasteiger partial charge in [-0.05, 0) is 32.6 Å². The molecule has 6 nitrogen and oxygen atoms in total. The van der Waals surface area contributed by atoms with Gasteiger partial charge in [-0.15, -0.1) is 0 Å². The van der Waals surface area contributed by atoms with Crippen molar-refractivity contribution in [2.75, 3.05) is 18.5 Å². The molecule has 1 aliphatic heterocycles. The molecule has 0 aromatic carbocycles. The van der Waals surface area contributed by atoms with E-state index in [1.54, 1.807) is 6.92 Å². The fourth-order valence-corrected chi connectivity index (χ4v) is 2.71. The highest BCUT2D eigenvalue weighted by atomic mass is 16.5. The Labute approximate surface area is 125 Å². The van der Waals surface area contributed by atoms with Crippen LogP contribution in [0.5, 0.6) is 0 Å². The van der Waals surface area contributed by atoms with Crippen LogP contribution < -0.4 is 5.32 Å². The molecule has 1 fully saturated rings. The van der Waals surface area contributed by atoms with Gasteiger partial charge in [0.25, 0.3) is 6.01 Å². The lowest BCUT2D eigenvalue weighted by atomic mass is 9.86. The van der Waals surface area contributed by atoms with E-state index in [9.17, 15) is 4.79 Å². The molecule has 0 spiro atoms. The average Bonchev–Trinajstić information content (AvgIpc) is 2.96. The van der Waals surface area contributed by atoms with Gasteiger partial charge < -0.3 is 19.2 Å². The third-order valence-corrected chi connectivity index (χ3v) is 4.10. The van der Waals surface area contributed by atoms with Crippen molar-refractivity contribution in [1.82, 2.24) is 4.98 Å². The highest BCUT2D eigenvalue weighted by Crippen LogP contribution is 2.32. The first-order chi connectivity index (χ1) is 10.1. The summed E-state index contributed by atoms with van der Waals surface area (Å²) in [5, 5.41) is 3.26. The summed E-state index contributed by atoms with van der Waals surface area (Å²) in [5.74, 6) is -0.460. The first-order valence-corrected chi connectivity index (χ1v) is 7.65. The average molecular weight is 296 g/mol. The van der Waals surface area contributed by atoms with Gasteiger partial charge >= 0.3 is 5.97 Å². The van der Waals surface area contributed by atoms with E-state index in [0.29, 0.717) is 12.6 Å². The summed E-state index contributed by atoms with van der Waals surface area (Å²) in [6, 6.07) is 0.610. The number of esters is 1. The molecule has 0 radical (unpaired) electrons. The van der Waals surface area contributed by atoms with E-state index < -0.39 is 5.97 Å². The lowest BCUT2D eigenvalue weighted by molar-refractivity contribution is -0.0866. The highest BCUT2D eigenvalue weighted by Gasteiger charge is 2.35. The minimum Gasteiger partial charge on any atom is -0.461 e. The fraction of sp³-hybridized carbons (Fsp3) is 0.733. The van der Waals surface area contributed by atoms with Gasteiger partial charge in [0.05, 0.1) is 12.2 Å². The fourth-order valence-electron chi connectivity index (χ4n) is 2.71. The first kappa shape index (κ1) is 15.8. The zero-order valence-corrected chi connectivity index (χ0v) is 13.0. The van der Waals surface area contributed by atoms with Crippen molar-refractivity contribution in [3.8, 4) is 0 Å². The van der Waals surface area contributed by atoms with E-state index in [-0.39, 0.29) is 17.3 Å². The summed E-state index contributed by atoms with van der Waals surface area (Å²) in [6.45, 7) is 7.11. The zero-order valence-electron chi connectivity index (χ0n) is 13.0. The van der Waals surface area contributed by atoms with Gasteiger partial charge in [0.2, 0.25) is 0 Å². The minimum atomic E-state index is -0.460. The van der Waals surface area contributed by atoms with Crippen LogP contribution in [-0.4, -0.2) is 35.8 Å². The molecule has 6 heteroatoms. The van der Waals surface area contributed by atoms with E-state index >= 15 is 0 Å². The van der Waals surface area contributed by atoms with Gasteiger partial charge in [-0.3, -0.25) is 0 Å². The number of anilines is 1. The molecule has 1 saturated heterocycles. The van der Waals surface area contributed by atoms with E-state index in [2.05, 4.69) is 24.1 Å². The van der Waals surface area contributed by atoms with Crippen molar-refractivity contribution in [2.24, 2.45) is 0 Å². The summed E-state index contributed by atoms with van der Waals surface area (Å²) >= 11 is 0. The predicted molar refractivity (Wildman–Crippen MR) is 78.4 cm³/mol. The Balaban J connectivity index is 1.97. The number of carbonyl (C=O) groups is 1. The lowest BCUT2D eigenvalue weighted by Gasteiger charge is -2.40. The van der Waals surface area contributed by atoms with Crippen molar-refractivity contribution in [1.29, 1.82) is 0 Å². The summed E-state index contributed by atoms with van der Waals surface area (Å²) in [7, 11) is 0. The van der Waals surface area contributed by atoms with Crippen molar-refractivity contribution in [3.63, 3.8) is 0 Å². The number of hydrogen-bond donors (Lipinski definition) is 1. The number of hydrogen-bond acceptors (Lipinski definition) is 6. The van der Waals surface area contributed by atoms with Crippen LogP contribution in [0.4, 0.5) is 6.01 Å². The third kappa shape index (κ3) is 3.75. The molecule has 21 heavy (non-hydrogen) atoms. The van der Waals surface area contributed by atoms with Crippen molar-refractivity contribution >= 4 is 12.0 Å². The standard InChI is InChI=1S/C15H24N2O4/c1-4-15(5-2)9-11(7-8-21-15)16-14-17-12(10-20-14)13(18)19-6-3/h10-11H,4-9H2,1-3H3,(H,16,17). The molecule has 1 aromatic rings. The molecule has 1 aromatic heterocycles. The molecule has 0 bridgehead atoms. The van der Waals surface area contributed by atoms with Gasteiger partial charge in [-0.25, -0.2) is 4.79 Å². The Bertz CT molecular complexity index is 468. The molecule has 0 aliphatic carbocycles. The number of oxazole rings is 1. The normalized spacial score (nSPS) is 21.0. The van der Waals surface area contributed by atoms with Crippen LogP contribution in [0, 0.1) is 0 Å². The van der Waals surface area contributed by atoms with Gasteiger partial charge in [0.15, 0.2) is 5.69 Å². The van der Waals surface area contributed by atoms with E-state index in [1.165, 1.54) is 6.26 Å². The smallest absolute Gasteiger partial charge is 0.360 e. The maximum absolute atomic E-state index is 11.6.